The van der Waals surface area contributed by atoms with E-state index in [-0.39, 0.29) is 12.0 Å². The van der Waals surface area contributed by atoms with Gasteiger partial charge in [-0.2, -0.15) is 0 Å². The number of hydrogen-bond acceptors (Lipinski definition) is 5. The SMILES string of the molecule is COc1ccc(C(O)CC2(C(C)CC3OCCc4ccccc43)C=CC=N2)cc1OC. The first-order valence-electron chi connectivity index (χ1n) is 10.9. The highest BCUT2D eigenvalue weighted by Gasteiger charge is 2.39. The lowest BCUT2D eigenvalue weighted by Crippen LogP contribution is -2.35. The largest absolute Gasteiger partial charge is 0.493 e. The van der Waals surface area contributed by atoms with Crippen molar-refractivity contribution in [1.29, 1.82) is 0 Å². The van der Waals surface area contributed by atoms with Gasteiger partial charge in [0, 0.05) is 12.6 Å². The molecule has 2 aromatic carbocycles. The molecular formula is C26H31NO4. The number of fused-ring (bicyclic) bond motifs is 1. The van der Waals surface area contributed by atoms with E-state index in [1.807, 2.05) is 30.5 Å². The lowest BCUT2D eigenvalue weighted by Gasteiger charge is -2.36. The lowest BCUT2D eigenvalue weighted by molar-refractivity contribution is 0.0172. The number of methoxy groups -OCH3 is 2. The molecule has 0 saturated heterocycles. The molecule has 0 radical (unpaired) electrons. The van der Waals surface area contributed by atoms with Crippen molar-refractivity contribution < 1.29 is 19.3 Å². The second-order valence-corrected chi connectivity index (χ2v) is 8.41. The van der Waals surface area contributed by atoms with Crippen molar-refractivity contribution >= 4 is 6.21 Å². The average Bonchev–Trinajstić information content (AvgIpc) is 3.28. The van der Waals surface area contributed by atoms with Gasteiger partial charge in [0.25, 0.3) is 0 Å². The fourth-order valence-electron chi connectivity index (χ4n) is 4.73. The summed E-state index contributed by atoms with van der Waals surface area (Å²) in [6.45, 7) is 2.95. The van der Waals surface area contributed by atoms with E-state index in [0.717, 1.165) is 25.0 Å². The van der Waals surface area contributed by atoms with Crippen LogP contribution in [0.15, 0.2) is 59.6 Å². The summed E-state index contributed by atoms with van der Waals surface area (Å²) in [7, 11) is 3.21. The number of benzene rings is 2. The molecule has 4 unspecified atom stereocenters. The fourth-order valence-corrected chi connectivity index (χ4v) is 4.73. The summed E-state index contributed by atoms with van der Waals surface area (Å²) in [5.41, 5.74) is 2.97. The molecule has 31 heavy (non-hydrogen) atoms. The van der Waals surface area contributed by atoms with Gasteiger partial charge in [-0.3, -0.25) is 4.99 Å². The van der Waals surface area contributed by atoms with Gasteiger partial charge in [-0.15, -0.1) is 0 Å². The quantitative estimate of drug-likeness (QED) is 0.662. The Kier molecular flexibility index (Phi) is 6.44. The molecule has 2 aliphatic rings. The van der Waals surface area contributed by atoms with Crippen molar-refractivity contribution in [3.63, 3.8) is 0 Å². The van der Waals surface area contributed by atoms with Gasteiger partial charge in [-0.1, -0.05) is 43.3 Å². The van der Waals surface area contributed by atoms with Crippen LogP contribution in [-0.2, 0) is 11.2 Å². The van der Waals surface area contributed by atoms with Crippen LogP contribution < -0.4 is 9.47 Å². The van der Waals surface area contributed by atoms with Crippen LogP contribution in [0, 0.1) is 5.92 Å². The van der Waals surface area contributed by atoms with Gasteiger partial charge < -0.3 is 19.3 Å². The maximum Gasteiger partial charge on any atom is 0.161 e. The summed E-state index contributed by atoms with van der Waals surface area (Å²) in [4.78, 5) is 4.82. The number of ether oxygens (including phenoxy) is 3. The maximum absolute atomic E-state index is 11.1. The molecule has 0 saturated carbocycles. The summed E-state index contributed by atoms with van der Waals surface area (Å²) >= 11 is 0. The number of nitrogens with zero attached hydrogens (tertiary/aromatic N) is 1. The Morgan fingerprint density at radius 1 is 1.16 bits per heavy atom. The molecule has 0 spiro atoms. The predicted octanol–water partition coefficient (Wildman–Crippen LogP) is 4.85. The van der Waals surface area contributed by atoms with Crippen molar-refractivity contribution in [3.05, 3.63) is 71.3 Å². The number of aliphatic imine (C=N–C) groups is 1. The molecule has 1 N–H and O–H groups in total. The molecule has 0 aliphatic carbocycles. The van der Waals surface area contributed by atoms with Gasteiger partial charge in [0.05, 0.1) is 38.6 Å². The third-order valence-electron chi connectivity index (χ3n) is 6.61. The molecule has 0 amide bonds. The van der Waals surface area contributed by atoms with Crippen LogP contribution in [-0.4, -0.2) is 37.7 Å². The number of hydrogen-bond donors (Lipinski definition) is 1. The zero-order valence-corrected chi connectivity index (χ0v) is 18.5. The predicted molar refractivity (Wildman–Crippen MR) is 122 cm³/mol. The number of allylic oxidation sites excluding steroid dienone is 1. The Hall–Kier alpha value is -2.63. The summed E-state index contributed by atoms with van der Waals surface area (Å²) in [5.74, 6) is 1.45. The van der Waals surface area contributed by atoms with Crippen molar-refractivity contribution in [2.45, 2.75) is 43.9 Å². The standard InChI is InChI=1S/C26H31NO4/c1-18(15-24-21-8-5-4-7-19(21)11-14-31-24)26(12-6-13-27-26)17-22(28)20-9-10-23(29-2)25(16-20)30-3/h4-10,12-13,16,18,22,24,28H,11,14-15,17H2,1-3H3. The van der Waals surface area contributed by atoms with E-state index >= 15 is 0 Å². The molecule has 0 aromatic heterocycles. The molecule has 2 heterocycles. The van der Waals surface area contributed by atoms with Gasteiger partial charge in [-0.05, 0) is 53.7 Å². The van der Waals surface area contributed by atoms with Crippen LogP contribution in [0.4, 0.5) is 0 Å². The number of aliphatic hydroxyl groups is 1. The van der Waals surface area contributed by atoms with Gasteiger partial charge in [-0.25, -0.2) is 0 Å². The van der Waals surface area contributed by atoms with E-state index in [9.17, 15) is 5.11 Å². The van der Waals surface area contributed by atoms with Crippen LogP contribution in [0.25, 0.3) is 0 Å². The van der Waals surface area contributed by atoms with Crippen LogP contribution in [0.3, 0.4) is 0 Å². The minimum absolute atomic E-state index is 0.0549. The second-order valence-electron chi connectivity index (χ2n) is 8.41. The van der Waals surface area contributed by atoms with Crippen LogP contribution in [0.2, 0.25) is 0 Å². The van der Waals surface area contributed by atoms with Gasteiger partial charge in [0.15, 0.2) is 11.5 Å². The second kappa shape index (κ2) is 9.25. The third-order valence-corrected chi connectivity index (χ3v) is 6.61. The minimum atomic E-state index is -0.679. The molecule has 2 aliphatic heterocycles. The Balaban J connectivity index is 1.53. The van der Waals surface area contributed by atoms with Crippen molar-refractivity contribution in [3.8, 4) is 11.5 Å². The summed E-state index contributed by atoms with van der Waals surface area (Å²) in [6, 6.07) is 14.1. The van der Waals surface area contributed by atoms with E-state index in [0.29, 0.717) is 17.9 Å². The third kappa shape index (κ3) is 4.39. The fraction of sp³-hybridized carbons (Fsp3) is 0.423. The molecule has 164 valence electrons. The van der Waals surface area contributed by atoms with Crippen molar-refractivity contribution in [1.82, 2.24) is 0 Å². The zero-order valence-electron chi connectivity index (χ0n) is 18.5. The molecule has 4 rings (SSSR count). The Morgan fingerprint density at radius 2 is 1.97 bits per heavy atom. The van der Waals surface area contributed by atoms with Crippen LogP contribution in [0.5, 0.6) is 11.5 Å². The van der Waals surface area contributed by atoms with Gasteiger partial charge in [0.1, 0.15) is 0 Å². The highest BCUT2D eigenvalue weighted by molar-refractivity contribution is 5.75. The molecular weight excluding hydrogens is 390 g/mol. The molecule has 5 nitrogen and oxygen atoms in total. The summed E-state index contributed by atoms with van der Waals surface area (Å²) in [6.07, 6.45) is 7.61. The van der Waals surface area contributed by atoms with Crippen molar-refractivity contribution in [2.75, 3.05) is 20.8 Å². The summed E-state index contributed by atoms with van der Waals surface area (Å²) in [5, 5.41) is 11.1. The monoisotopic (exact) mass is 421 g/mol. The Morgan fingerprint density at radius 3 is 2.71 bits per heavy atom. The normalized spacial score (nSPS) is 23.9. The first-order chi connectivity index (χ1) is 15.1. The minimum Gasteiger partial charge on any atom is -0.493 e. The Bertz CT molecular complexity index is 956. The Labute approximate surface area is 184 Å². The highest BCUT2D eigenvalue weighted by Crippen LogP contribution is 2.43. The van der Waals surface area contributed by atoms with E-state index in [4.69, 9.17) is 19.2 Å². The number of aliphatic hydroxyl groups excluding tert-OH is 1. The van der Waals surface area contributed by atoms with Crippen LogP contribution in [0.1, 0.15) is 48.7 Å². The lowest BCUT2D eigenvalue weighted by atomic mass is 9.76. The highest BCUT2D eigenvalue weighted by atomic mass is 16.5. The molecule has 2 aromatic rings. The number of rotatable bonds is 8. The first kappa shape index (κ1) is 21.6. The van der Waals surface area contributed by atoms with E-state index in [1.165, 1.54) is 11.1 Å². The molecule has 0 fully saturated rings. The van der Waals surface area contributed by atoms with E-state index < -0.39 is 11.6 Å². The van der Waals surface area contributed by atoms with E-state index in [1.54, 1.807) is 14.2 Å². The summed E-state index contributed by atoms with van der Waals surface area (Å²) < 4.78 is 16.9. The first-order valence-corrected chi connectivity index (χ1v) is 10.9. The van der Waals surface area contributed by atoms with Crippen LogP contribution >= 0.6 is 0 Å². The van der Waals surface area contributed by atoms with Gasteiger partial charge in [0.2, 0.25) is 0 Å². The maximum atomic E-state index is 11.1. The zero-order chi connectivity index (χ0) is 21.8. The average molecular weight is 422 g/mol. The molecule has 4 atom stereocenters. The topological polar surface area (TPSA) is 60.3 Å². The van der Waals surface area contributed by atoms with Crippen molar-refractivity contribution in [2.24, 2.45) is 10.9 Å². The molecule has 5 heteroatoms. The molecule has 0 bridgehead atoms. The van der Waals surface area contributed by atoms with Gasteiger partial charge >= 0.3 is 0 Å². The van der Waals surface area contributed by atoms with E-state index in [2.05, 4.69) is 37.3 Å². The smallest absolute Gasteiger partial charge is 0.161 e.